The van der Waals surface area contributed by atoms with Crippen LogP contribution in [0.5, 0.6) is 0 Å². The van der Waals surface area contributed by atoms with Gasteiger partial charge < -0.3 is 20.1 Å². The number of halogens is 3. The third-order valence-corrected chi connectivity index (χ3v) is 4.66. The molecule has 2 atom stereocenters. The Hall–Kier alpha value is -0.600. The van der Waals surface area contributed by atoms with Gasteiger partial charge in [0.2, 0.25) is 5.91 Å². The maximum Gasteiger partial charge on any atom is 0.239 e. The predicted octanol–water partition coefficient (Wildman–Crippen LogP) is 1.66. The zero-order valence-corrected chi connectivity index (χ0v) is 16.9. The number of morpholine rings is 2. The average Bonchev–Trinajstić information content (AvgIpc) is 2.63. The van der Waals surface area contributed by atoms with Gasteiger partial charge in [-0.3, -0.25) is 9.69 Å². The highest BCUT2D eigenvalue weighted by Gasteiger charge is 2.26. The van der Waals surface area contributed by atoms with Gasteiger partial charge in [-0.05, 0) is 17.7 Å². The van der Waals surface area contributed by atoms with Gasteiger partial charge in [-0.15, -0.1) is 24.8 Å². The van der Waals surface area contributed by atoms with Crippen molar-refractivity contribution < 1.29 is 14.3 Å². The Morgan fingerprint density at radius 1 is 1.27 bits per heavy atom. The molecule has 0 bridgehead atoms. The third kappa shape index (κ3) is 6.53. The van der Waals surface area contributed by atoms with Crippen molar-refractivity contribution in [3.8, 4) is 0 Å². The fraction of sp³-hybridized carbons (Fsp3) is 0.588. The van der Waals surface area contributed by atoms with E-state index in [0.29, 0.717) is 44.5 Å². The normalized spacial score (nSPS) is 21.8. The van der Waals surface area contributed by atoms with E-state index in [2.05, 4.69) is 21.6 Å². The summed E-state index contributed by atoms with van der Waals surface area (Å²) in [6, 6.07) is 7.65. The molecule has 2 heterocycles. The van der Waals surface area contributed by atoms with Crippen LogP contribution in [-0.4, -0.2) is 69.5 Å². The molecule has 0 spiro atoms. The molecule has 6 nitrogen and oxygen atoms in total. The van der Waals surface area contributed by atoms with Crippen molar-refractivity contribution in [1.29, 1.82) is 0 Å². The zero-order chi connectivity index (χ0) is 16.8. The van der Waals surface area contributed by atoms with Gasteiger partial charge in [0.1, 0.15) is 6.04 Å². The van der Waals surface area contributed by atoms with E-state index in [1.165, 1.54) is 0 Å². The minimum absolute atomic E-state index is 0. The van der Waals surface area contributed by atoms with Crippen LogP contribution >= 0.6 is 36.4 Å². The first-order valence-corrected chi connectivity index (χ1v) is 8.78. The first-order chi connectivity index (χ1) is 11.7. The molecule has 1 amide bonds. The largest absolute Gasteiger partial charge is 0.379 e. The number of hydrogen-bond donors (Lipinski definition) is 2. The van der Waals surface area contributed by atoms with E-state index in [4.69, 9.17) is 21.1 Å². The van der Waals surface area contributed by atoms with Gasteiger partial charge >= 0.3 is 0 Å². The van der Waals surface area contributed by atoms with Crippen molar-refractivity contribution in [2.75, 3.05) is 52.6 Å². The summed E-state index contributed by atoms with van der Waals surface area (Å²) in [6.07, 6.45) is 0. The topological polar surface area (TPSA) is 62.8 Å². The van der Waals surface area contributed by atoms with Crippen LogP contribution < -0.4 is 10.6 Å². The summed E-state index contributed by atoms with van der Waals surface area (Å²) in [7, 11) is 0. The van der Waals surface area contributed by atoms with Gasteiger partial charge in [-0.2, -0.15) is 0 Å². The molecule has 2 N–H and O–H groups in total. The molecule has 2 unspecified atom stereocenters. The molecule has 2 saturated heterocycles. The smallest absolute Gasteiger partial charge is 0.239 e. The van der Waals surface area contributed by atoms with E-state index < -0.39 is 0 Å². The Kier molecular flexibility index (Phi) is 10.8. The van der Waals surface area contributed by atoms with E-state index in [9.17, 15) is 4.79 Å². The second-order valence-electron chi connectivity index (χ2n) is 6.05. The van der Waals surface area contributed by atoms with E-state index in [1.54, 1.807) is 0 Å². The van der Waals surface area contributed by atoms with Crippen molar-refractivity contribution >= 4 is 42.3 Å². The Balaban J connectivity index is 0.00000169. The Morgan fingerprint density at radius 3 is 2.69 bits per heavy atom. The van der Waals surface area contributed by atoms with Crippen molar-refractivity contribution in [3.05, 3.63) is 34.9 Å². The number of carbonyl (C=O) groups is 1. The maximum atomic E-state index is 12.4. The fourth-order valence-electron chi connectivity index (χ4n) is 3.12. The molecule has 1 aromatic rings. The lowest BCUT2D eigenvalue weighted by Crippen LogP contribution is -2.53. The number of rotatable bonds is 5. The summed E-state index contributed by atoms with van der Waals surface area (Å²) in [5.41, 5.74) is 1.11. The first kappa shape index (κ1) is 23.4. The lowest BCUT2D eigenvalue weighted by molar-refractivity contribution is -0.126. The second-order valence-corrected chi connectivity index (χ2v) is 6.48. The lowest BCUT2D eigenvalue weighted by Gasteiger charge is -2.35. The van der Waals surface area contributed by atoms with E-state index in [1.807, 2.05) is 18.2 Å². The molecular weight excluding hydrogens is 401 g/mol. The molecule has 2 fully saturated rings. The number of amides is 1. The molecule has 3 rings (SSSR count). The van der Waals surface area contributed by atoms with Gasteiger partial charge in [0.05, 0.1) is 32.5 Å². The van der Waals surface area contributed by atoms with E-state index >= 15 is 0 Å². The van der Waals surface area contributed by atoms with Crippen LogP contribution in [0.2, 0.25) is 5.02 Å². The van der Waals surface area contributed by atoms with Gasteiger partial charge in [0.15, 0.2) is 0 Å². The highest BCUT2D eigenvalue weighted by atomic mass is 35.5. The van der Waals surface area contributed by atoms with Crippen LogP contribution in [0.1, 0.15) is 11.6 Å². The molecule has 0 aliphatic carbocycles. The van der Waals surface area contributed by atoms with Crippen LogP contribution in [-0.2, 0) is 14.3 Å². The van der Waals surface area contributed by atoms with Gasteiger partial charge in [0.25, 0.3) is 0 Å². The minimum Gasteiger partial charge on any atom is -0.379 e. The molecule has 0 saturated carbocycles. The molecule has 2 aliphatic heterocycles. The molecule has 1 aromatic carbocycles. The Morgan fingerprint density at radius 2 is 2.04 bits per heavy atom. The molecule has 0 radical (unpaired) electrons. The lowest BCUT2D eigenvalue weighted by atomic mass is 10.0. The number of hydrogen-bond acceptors (Lipinski definition) is 5. The van der Waals surface area contributed by atoms with Crippen molar-refractivity contribution in [2.45, 2.75) is 12.1 Å². The number of benzene rings is 1. The highest BCUT2D eigenvalue weighted by Crippen LogP contribution is 2.24. The Labute approximate surface area is 171 Å². The summed E-state index contributed by atoms with van der Waals surface area (Å²) >= 11 is 6.16. The van der Waals surface area contributed by atoms with Crippen molar-refractivity contribution in [3.63, 3.8) is 0 Å². The zero-order valence-electron chi connectivity index (χ0n) is 14.5. The molecule has 9 heteroatoms. The van der Waals surface area contributed by atoms with Crippen molar-refractivity contribution in [2.24, 2.45) is 0 Å². The number of ether oxygens (including phenoxy) is 2. The SMILES string of the molecule is Cl.Cl.O=C(NCC(c1cccc(Cl)c1)N1CCOCC1)C1COCCN1. The molecule has 2 aliphatic rings. The van der Waals surface area contributed by atoms with Crippen LogP contribution in [0.3, 0.4) is 0 Å². The minimum atomic E-state index is -0.275. The quantitative estimate of drug-likeness (QED) is 0.750. The molecule has 26 heavy (non-hydrogen) atoms. The average molecular weight is 427 g/mol. The first-order valence-electron chi connectivity index (χ1n) is 8.40. The molecular formula is C17H26Cl3N3O3. The van der Waals surface area contributed by atoms with E-state index in [0.717, 1.165) is 18.7 Å². The number of nitrogens with zero attached hydrogens (tertiary/aromatic N) is 1. The molecule has 0 aromatic heterocycles. The summed E-state index contributed by atoms with van der Waals surface area (Å²) in [5.74, 6) is -0.0185. The van der Waals surface area contributed by atoms with Crippen LogP contribution in [0.25, 0.3) is 0 Å². The third-order valence-electron chi connectivity index (χ3n) is 4.43. The number of carbonyl (C=O) groups excluding carboxylic acids is 1. The highest BCUT2D eigenvalue weighted by molar-refractivity contribution is 6.30. The Bertz CT molecular complexity index is 553. The van der Waals surface area contributed by atoms with Gasteiger partial charge in [-0.1, -0.05) is 23.7 Å². The van der Waals surface area contributed by atoms with Crippen LogP contribution in [0.4, 0.5) is 0 Å². The second kappa shape index (κ2) is 12.0. The molecule has 148 valence electrons. The predicted molar refractivity (Wildman–Crippen MR) is 107 cm³/mol. The van der Waals surface area contributed by atoms with Crippen molar-refractivity contribution in [1.82, 2.24) is 15.5 Å². The van der Waals surface area contributed by atoms with Crippen LogP contribution in [0.15, 0.2) is 24.3 Å². The summed E-state index contributed by atoms with van der Waals surface area (Å²) in [6.45, 7) is 5.44. The summed E-state index contributed by atoms with van der Waals surface area (Å²) in [4.78, 5) is 14.7. The maximum absolute atomic E-state index is 12.4. The van der Waals surface area contributed by atoms with E-state index in [-0.39, 0.29) is 42.8 Å². The summed E-state index contributed by atoms with van der Waals surface area (Å²) in [5, 5.41) is 6.95. The van der Waals surface area contributed by atoms with Gasteiger partial charge in [0, 0.05) is 31.2 Å². The number of nitrogens with one attached hydrogen (secondary N) is 2. The standard InChI is InChI=1S/C17H24ClN3O3.2ClH/c18-14-3-1-2-13(10-14)16(21-5-8-23-9-6-21)11-20-17(22)15-12-24-7-4-19-15;;/h1-3,10,15-16,19H,4-9,11-12H2,(H,20,22);2*1H. The summed E-state index contributed by atoms with van der Waals surface area (Å²) < 4.78 is 10.8. The van der Waals surface area contributed by atoms with Crippen LogP contribution in [0, 0.1) is 0 Å². The van der Waals surface area contributed by atoms with Gasteiger partial charge in [-0.25, -0.2) is 0 Å². The fourth-order valence-corrected chi connectivity index (χ4v) is 3.31. The monoisotopic (exact) mass is 425 g/mol.